The van der Waals surface area contributed by atoms with Crippen molar-refractivity contribution in [2.24, 2.45) is 4.99 Å². The van der Waals surface area contributed by atoms with Crippen LogP contribution in [-0.2, 0) is 0 Å². The van der Waals surface area contributed by atoms with Crippen molar-refractivity contribution in [2.45, 2.75) is 32.5 Å². The molecule has 2 unspecified atom stereocenters. The first-order chi connectivity index (χ1) is 6.56. The number of hydrogen-bond donors (Lipinski definition) is 2. The van der Waals surface area contributed by atoms with Gasteiger partial charge >= 0.3 is 0 Å². The van der Waals surface area contributed by atoms with Gasteiger partial charge in [-0.2, -0.15) is 0 Å². The summed E-state index contributed by atoms with van der Waals surface area (Å²) in [7, 11) is 0. The summed E-state index contributed by atoms with van der Waals surface area (Å²) in [4.78, 5) is 6.51. The average Bonchev–Trinajstić information content (AvgIpc) is 2.59. The fourth-order valence-corrected chi connectivity index (χ4v) is 2.28. The van der Waals surface area contributed by atoms with Crippen LogP contribution in [0.5, 0.6) is 0 Å². The minimum atomic E-state index is -0.268. The highest BCUT2D eigenvalue weighted by Gasteiger charge is 2.46. The van der Waals surface area contributed by atoms with Crippen molar-refractivity contribution in [1.29, 1.82) is 5.41 Å². The Morgan fingerprint density at radius 3 is 3.00 bits per heavy atom. The molecule has 1 spiro atoms. The smallest absolute Gasteiger partial charge is 0.155 e. The van der Waals surface area contributed by atoms with Gasteiger partial charge in [0.15, 0.2) is 5.66 Å². The van der Waals surface area contributed by atoms with E-state index in [-0.39, 0.29) is 11.7 Å². The second-order valence-electron chi connectivity index (χ2n) is 3.94. The zero-order valence-electron chi connectivity index (χ0n) is 8.83. The lowest BCUT2D eigenvalue weighted by Crippen LogP contribution is -2.59. The minimum Gasteiger partial charge on any atom is -0.346 e. The molecular weight excluding hydrogens is 176 g/mol. The van der Waals surface area contributed by atoms with Gasteiger partial charge in [0.1, 0.15) is 0 Å². The van der Waals surface area contributed by atoms with Crippen LogP contribution in [0.15, 0.2) is 17.1 Å². The molecule has 2 heterocycles. The number of aliphatic imine (C=N–C) groups is 1. The third-order valence-electron chi connectivity index (χ3n) is 2.92. The SMILES string of the molecule is CC(=N)N1CC=CC12NC(C)=NC2C. The maximum Gasteiger partial charge on any atom is 0.155 e. The van der Waals surface area contributed by atoms with E-state index in [2.05, 4.69) is 29.4 Å². The molecule has 4 nitrogen and oxygen atoms in total. The molecule has 2 N–H and O–H groups in total. The third kappa shape index (κ3) is 1.06. The predicted octanol–water partition coefficient (Wildman–Crippen LogP) is 0.962. The zero-order chi connectivity index (χ0) is 10.3. The van der Waals surface area contributed by atoms with E-state index < -0.39 is 0 Å². The van der Waals surface area contributed by atoms with E-state index in [1.165, 1.54) is 0 Å². The highest BCUT2D eigenvalue weighted by atomic mass is 15.4. The van der Waals surface area contributed by atoms with Crippen molar-refractivity contribution in [3.05, 3.63) is 12.2 Å². The Kier molecular flexibility index (Phi) is 1.87. The molecule has 0 aliphatic carbocycles. The Morgan fingerprint density at radius 1 is 1.79 bits per heavy atom. The summed E-state index contributed by atoms with van der Waals surface area (Å²) in [6, 6.07) is 0.168. The summed E-state index contributed by atoms with van der Waals surface area (Å²) >= 11 is 0. The molecule has 2 aliphatic rings. The van der Waals surface area contributed by atoms with E-state index >= 15 is 0 Å². The van der Waals surface area contributed by atoms with Crippen LogP contribution in [0.25, 0.3) is 0 Å². The quantitative estimate of drug-likeness (QED) is 0.341. The number of nitrogens with one attached hydrogen (secondary N) is 2. The highest BCUT2D eigenvalue weighted by Crippen LogP contribution is 2.29. The molecule has 76 valence electrons. The topological polar surface area (TPSA) is 51.5 Å². The molecule has 2 atom stereocenters. The number of hydrogen-bond acceptors (Lipinski definition) is 3. The van der Waals surface area contributed by atoms with Crippen LogP contribution in [0.1, 0.15) is 20.8 Å². The average molecular weight is 192 g/mol. The highest BCUT2D eigenvalue weighted by molar-refractivity contribution is 5.86. The first-order valence-electron chi connectivity index (χ1n) is 4.89. The lowest BCUT2D eigenvalue weighted by atomic mass is 10.0. The Bertz CT molecular complexity index is 331. The zero-order valence-corrected chi connectivity index (χ0v) is 8.83. The molecule has 0 saturated heterocycles. The summed E-state index contributed by atoms with van der Waals surface area (Å²) in [5.41, 5.74) is -0.268. The van der Waals surface area contributed by atoms with Gasteiger partial charge in [0.05, 0.1) is 17.7 Å². The third-order valence-corrected chi connectivity index (χ3v) is 2.92. The molecule has 0 bridgehead atoms. The Hall–Kier alpha value is -1.32. The molecule has 0 aromatic rings. The van der Waals surface area contributed by atoms with Crippen LogP contribution in [0.3, 0.4) is 0 Å². The Balaban J connectivity index is 2.32. The van der Waals surface area contributed by atoms with E-state index in [0.717, 1.165) is 12.4 Å². The van der Waals surface area contributed by atoms with E-state index in [1.54, 1.807) is 0 Å². The maximum atomic E-state index is 7.73. The van der Waals surface area contributed by atoms with Crippen molar-refractivity contribution in [3.8, 4) is 0 Å². The largest absolute Gasteiger partial charge is 0.346 e. The van der Waals surface area contributed by atoms with Gasteiger partial charge in [-0.3, -0.25) is 10.4 Å². The number of rotatable bonds is 0. The summed E-state index contributed by atoms with van der Waals surface area (Å²) in [6.45, 7) is 6.66. The first-order valence-corrected chi connectivity index (χ1v) is 4.89. The lowest BCUT2D eigenvalue weighted by molar-refractivity contribution is 0.225. The molecule has 4 heteroatoms. The predicted molar refractivity (Wildman–Crippen MR) is 57.7 cm³/mol. The first kappa shape index (κ1) is 9.24. The fraction of sp³-hybridized carbons (Fsp3) is 0.600. The van der Waals surface area contributed by atoms with Crippen molar-refractivity contribution < 1.29 is 0 Å². The standard InChI is InChI=1S/C10H16N4/c1-7-10(13-9(3)12-7)5-4-6-14(10)8(2)11/h4-5,7,11H,6H2,1-3H3,(H,12,13). The van der Waals surface area contributed by atoms with Gasteiger partial charge in [-0.05, 0) is 26.8 Å². The molecule has 0 aromatic heterocycles. The van der Waals surface area contributed by atoms with Crippen molar-refractivity contribution in [2.75, 3.05) is 6.54 Å². The fourth-order valence-electron chi connectivity index (χ4n) is 2.28. The summed E-state index contributed by atoms with van der Waals surface area (Å²) in [5.74, 6) is 1.54. The molecule has 2 aliphatic heterocycles. The van der Waals surface area contributed by atoms with Crippen LogP contribution in [-0.4, -0.2) is 34.8 Å². The van der Waals surface area contributed by atoms with Gasteiger partial charge in [-0.25, -0.2) is 0 Å². The van der Waals surface area contributed by atoms with Crippen LogP contribution >= 0.6 is 0 Å². The van der Waals surface area contributed by atoms with E-state index in [0.29, 0.717) is 5.84 Å². The number of amidine groups is 2. The molecule has 14 heavy (non-hydrogen) atoms. The van der Waals surface area contributed by atoms with E-state index in [4.69, 9.17) is 5.41 Å². The van der Waals surface area contributed by atoms with Crippen LogP contribution in [0, 0.1) is 5.41 Å². The molecule has 2 rings (SSSR count). The van der Waals surface area contributed by atoms with Gasteiger partial charge in [-0.15, -0.1) is 0 Å². The van der Waals surface area contributed by atoms with Gasteiger partial charge in [0.2, 0.25) is 0 Å². The van der Waals surface area contributed by atoms with Gasteiger partial charge < -0.3 is 10.2 Å². The normalized spacial score (nSPS) is 34.9. The van der Waals surface area contributed by atoms with Gasteiger partial charge in [-0.1, -0.05) is 6.08 Å². The van der Waals surface area contributed by atoms with Crippen molar-refractivity contribution >= 4 is 11.7 Å². The van der Waals surface area contributed by atoms with Crippen molar-refractivity contribution in [1.82, 2.24) is 10.2 Å². The van der Waals surface area contributed by atoms with E-state index in [9.17, 15) is 0 Å². The molecule has 0 amide bonds. The van der Waals surface area contributed by atoms with Crippen molar-refractivity contribution in [3.63, 3.8) is 0 Å². The second kappa shape index (κ2) is 2.83. The van der Waals surface area contributed by atoms with E-state index in [1.807, 2.05) is 18.7 Å². The Morgan fingerprint density at radius 2 is 2.50 bits per heavy atom. The number of nitrogens with zero attached hydrogens (tertiary/aromatic N) is 2. The van der Waals surface area contributed by atoms with Crippen LogP contribution < -0.4 is 5.32 Å². The Labute approximate surface area is 84.2 Å². The molecule has 0 radical (unpaired) electrons. The molecule has 0 fully saturated rings. The van der Waals surface area contributed by atoms with Gasteiger partial charge in [0, 0.05) is 6.54 Å². The summed E-state index contributed by atoms with van der Waals surface area (Å²) in [6.07, 6.45) is 4.21. The summed E-state index contributed by atoms with van der Waals surface area (Å²) < 4.78 is 0. The van der Waals surface area contributed by atoms with Crippen LogP contribution in [0.2, 0.25) is 0 Å². The second-order valence-corrected chi connectivity index (χ2v) is 3.94. The molecular formula is C10H16N4. The summed E-state index contributed by atoms with van der Waals surface area (Å²) in [5, 5.41) is 11.1. The molecule has 0 aromatic carbocycles. The van der Waals surface area contributed by atoms with Crippen LogP contribution in [0.4, 0.5) is 0 Å². The minimum absolute atomic E-state index is 0.168. The van der Waals surface area contributed by atoms with Gasteiger partial charge in [0.25, 0.3) is 0 Å². The maximum absolute atomic E-state index is 7.73. The molecule has 0 saturated carbocycles. The lowest BCUT2D eigenvalue weighted by Gasteiger charge is -2.38. The monoisotopic (exact) mass is 192 g/mol.